The highest BCUT2D eigenvalue weighted by molar-refractivity contribution is 5.97. The third-order valence-electron chi connectivity index (χ3n) is 4.81. The van der Waals surface area contributed by atoms with Crippen LogP contribution < -0.4 is 4.90 Å². The molecule has 4 heteroatoms. The van der Waals surface area contributed by atoms with Crippen molar-refractivity contribution in [1.29, 1.82) is 0 Å². The quantitative estimate of drug-likeness (QED) is 0.799. The van der Waals surface area contributed by atoms with Gasteiger partial charge in [0.2, 0.25) is 5.91 Å². The van der Waals surface area contributed by atoms with Crippen molar-refractivity contribution >= 4 is 17.6 Å². The minimum absolute atomic E-state index is 0.0396. The molecule has 0 saturated carbocycles. The van der Waals surface area contributed by atoms with E-state index in [2.05, 4.69) is 0 Å². The first-order valence-corrected chi connectivity index (χ1v) is 8.64. The Hall–Kier alpha value is -2.62. The second-order valence-electron chi connectivity index (χ2n) is 6.47. The van der Waals surface area contributed by atoms with Crippen molar-refractivity contribution in [3.8, 4) is 0 Å². The van der Waals surface area contributed by atoms with Gasteiger partial charge in [0.1, 0.15) is 0 Å². The maximum absolute atomic E-state index is 12.9. The summed E-state index contributed by atoms with van der Waals surface area (Å²) >= 11 is 0. The standard InChI is InChI=1S/C21H23NO3/c1-15-14-18(21(24)25-2)17-10-6-7-11-19(17)22(15)20(23)13-12-16-8-4-3-5-9-16/h3-11,15,18H,12-14H2,1-2H3. The van der Waals surface area contributed by atoms with Crippen LogP contribution in [0.2, 0.25) is 0 Å². The highest BCUT2D eigenvalue weighted by Gasteiger charge is 2.37. The normalized spacial score (nSPS) is 19.2. The minimum atomic E-state index is -0.311. The zero-order chi connectivity index (χ0) is 17.8. The smallest absolute Gasteiger partial charge is 0.313 e. The maximum atomic E-state index is 12.9. The van der Waals surface area contributed by atoms with E-state index in [-0.39, 0.29) is 23.8 Å². The van der Waals surface area contributed by atoms with Gasteiger partial charge < -0.3 is 9.64 Å². The molecule has 2 unspecified atom stereocenters. The Bertz CT molecular complexity index is 757. The summed E-state index contributed by atoms with van der Waals surface area (Å²) in [5.41, 5.74) is 2.86. The Labute approximate surface area is 148 Å². The van der Waals surface area contributed by atoms with E-state index in [1.807, 2.05) is 66.4 Å². The Morgan fingerprint density at radius 1 is 1.08 bits per heavy atom. The average Bonchev–Trinajstić information content (AvgIpc) is 2.65. The van der Waals surface area contributed by atoms with Crippen molar-refractivity contribution in [2.24, 2.45) is 0 Å². The molecule has 0 spiro atoms. The number of benzene rings is 2. The van der Waals surface area contributed by atoms with Gasteiger partial charge in [-0.1, -0.05) is 48.5 Å². The predicted molar refractivity (Wildman–Crippen MR) is 97.5 cm³/mol. The first-order chi connectivity index (χ1) is 12.1. The fourth-order valence-electron chi connectivity index (χ4n) is 3.57. The highest BCUT2D eigenvalue weighted by atomic mass is 16.5. The van der Waals surface area contributed by atoms with Crippen LogP contribution in [0.15, 0.2) is 54.6 Å². The monoisotopic (exact) mass is 337 g/mol. The molecular formula is C21H23NO3. The van der Waals surface area contributed by atoms with Gasteiger partial charge in [0, 0.05) is 18.2 Å². The molecule has 1 aliphatic rings. The number of rotatable bonds is 4. The molecule has 130 valence electrons. The number of hydrogen-bond donors (Lipinski definition) is 0. The molecule has 0 radical (unpaired) electrons. The van der Waals surface area contributed by atoms with Crippen molar-refractivity contribution in [3.63, 3.8) is 0 Å². The number of anilines is 1. The SMILES string of the molecule is COC(=O)C1CC(C)N(C(=O)CCc2ccccc2)c2ccccc21. The Morgan fingerprint density at radius 3 is 2.48 bits per heavy atom. The van der Waals surface area contributed by atoms with E-state index < -0.39 is 0 Å². The summed E-state index contributed by atoms with van der Waals surface area (Å²) in [6.45, 7) is 1.99. The molecule has 0 aromatic heterocycles. The molecule has 25 heavy (non-hydrogen) atoms. The lowest BCUT2D eigenvalue weighted by atomic mass is 9.85. The van der Waals surface area contributed by atoms with E-state index in [1.165, 1.54) is 7.11 Å². The number of fused-ring (bicyclic) bond motifs is 1. The third-order valence-corrected chi connectivity index (χ3v) is 4.81. The summed E-state index contributed by atoms with van der Waals surface area (Å²) in [4.78, 5) is 26.9. The molecule has 0 bridgehead atoms. The zero-order valence-corrected chi connectivity index (χ0v) is 14.6. The second kappa shape index (κ2) is 7.51. The van der Waals surface area contributed by atoms with E-state index in [0.29, 0.717) is 19.3 Å². The summed E-state index contributed by atoms with van der Waals surface area (Å²) in [5, 5.41) is 0. The number of amides is 1. The van der Waals surface area contributed by atoms with Crippen molar-refractivity contribution in [1.82, 2.24) is 0 Å². The number of ether oxygens (including phenoxy) is 1. The molecule has 1 aliphatic heterocycles. The van der Waals surface area contributed by atoms with Crippen LogP contribution >= 0.6 is 0 Å². The first kappa shape index (κ1) is 17.2. The van der Waals surface area contributed by atoms with Gasteiger partial charge >= 0.3 is 5.97 Å². The number of carbonyl (C=O) groups excluding carboxylic acids is 2. The Kier molecular flexibility index (Phi) is 5.17. The highest BCUT2D eigenvalue weighted by Crippen LogP contribution is 2.39. The number of aryl methyl sites for hydroxylation is 1. The molecule has 0 N–H and O–H groups in total. The van der Waals surface area contributed by atoms with Gasteiger partial charge in [-0.15, -0.1) is 0 Å². The topological polar surface area (TPSA) is 46.6 Å². The molecule has 3 rings (SSSR count). The number of methoxy groups -OCH3 is 1. The molecule has 0 saturated heterocycles. The fourth-order valence-corrected chi connectivity index (χ4v) is 3.57. The van der Waals surface area contributed by atoms with Crippen LogP contribution in [0.3, 0.4) is 0 Å². The van der Waals surface area contributed by atoms with Gasteiger partial charge in [-0.3, -0.25) is 9.59 Å². The summed E-state index contributed by atoms with van der Waals surface area (Å²) < 4.78 is 4.95. The number of hydrogen-bond acceptors (Lipinski definition) is 3. The molecule has 2 atom stereocenters. The number of esters is 1. The van der Waals surface area contributed by atoms with Crippen LogP contribution in [-0.2, 0) is 20.7 Å². The van der Waals surface area contributed by atoms with Crippen molar-refractivity contribution in [3.05, 3.63) is 65.7 Å². The Morgan fingerprint density at radius 2 is 1.76 bits per heavy atom. The average molecular weight is 337 g/mol. The summed E-state index contributed by atoms with van der Waals surface area (Å²) in [5.74, 6) is -0.461. The largest absolute Gasteiger partial charge is 0.469 e. The van der Waals surface area contributed by atoms with E-state index in [1.54, 1.807) is 0 Å². The molecule has 1 heterocycles. The first-order valence-electron chi connectivity index (χ1n) is 8.64. The van der Waals surface area contributed by atoms with Gasteiger partial charge in [-0.25, -0.2) is 0 Å². The van der Waals surface area contributed by atoms with Crippen molar-refractivity contribution in [2.75, 3.05) is 12.0 Å². The number of carbonyl (C=O) groups is 2. The fraction of sp³-hybridized carbons (Fsp3) is 0.333. The summed E-state index contributed by atoms with van der Waals surface area (Å²) in [6, 6.07) is 17.6. The lowest BCUT2D eigenvalue weighted by Gasteiger charge is -2.38. The number of para-hydroxylation sites is 1. The molecule has 2 aromatic rings. The van der Waals surface area contributed by atoms with Gasteiger partial charge in [0.25, 0.3) is 0 Å². The Balaban J connectivity index is 1.83. The van der Waals surface area contributed by atoms with E-state index in [4.69, 9.17) is 4.74 Å². The van der Waals surface area contributed by atoms with Crippen LogP contribution in [-0.4, -0.2) is 25.0 Å². The van der Waals surface area contributed by atoms with Gasteiger partial charge in [-0.05, 0) is 37.0 Å². The minimum Gasteiger partial charge on any atom is -0.469 e. The van der Waals surface area contributed by atoms with Gasteiger partial charge in [0.05, 0.1) is 13.0 Å². The number of nitrogens with zero attached hydrogens (tertiary/aromatic N) is 1. The van der Waals surface area contributed by atoms with Crippen LogP contribution in [0, 0.1) is 0 Å². The van der Waals surface area contributed by atoms with Crippen molar-refractivity contribution in [2.45, 2.75) is 38.1 Å². The van der Waals surface area contributed by atoms with E-state index in [9.17, 15) is 9.59 Å². The predicted octanol–water partition coefficient (Wildman–Crippen LogP) is 3.70. The lowest BCUT2D eigenvalue weighted by Crippen LogP contribution is -2.44. The lowest BCUT2D eigenvalue weighted by molar-refractivity contribution is -0.143. The van der Waals surface area contributed by atoms with E-state index in [0.717, 1.165) is 16.8 Å². The summed E-state index contributed by atoms with van der Waals surface area (Å²) in [7, 11) is 1.41. The molecule has 2 aromatic carbocycles. The van der Waals surface area contributed by atoms with Gasteiger partial charge in [0.15, 0.2) is 0 Å². The van der Waals surface area contributed by atoms with Crippen LogP contribution in [0.1, 0.15) is 36.8 Å². The van der Waals surface area contributed by atoms with E-state index >= 15 is 0 Å². The zero-order valence-electron chi connectivity index (χ0n) is 14.6. The van der Waals surface area contributed by atoms with Gasteiger partial charge in [-0.2, -0.15) is 0 Å². The van der Waals surface area contributed by atoms with Crippen LogP contribution in [0.25, 0.3) is 0 Å². The molecule has 0 aliphatic carbocycles. The van der Waals surface area contributed by atoms with Crippen molar-refractivity contribution < 1.29 is 14.3 Å². The van der Waals surface area contributed by atoms with Crippen LogP contribution in [0.4, 0.5) is 5.69 Å². The molecule has 1 amide bonds. The second-order valence-corrected chi connectivity index (χ2v) is 6.47. The summed E-state index contributed by atoms with van der Waals surface area (Å²) in [6.07, 6.45) is 1.75. The maximum Gasteiger partial charge on any atom is 0.313 e. The molecular weight excluding hydrogens is 314 g/mol. The molecule has 4 nitrogen and oxygen atoms in total. The molecule has 0 fully saturated rings. The third kappa shape index (κ3) is 3.58. The van der Waals surface area contributed by atoms with Crippen LogP contribution in [0.5, 0.6) is 0 Å².